The van der Waals surface area contributed by atoms with Crippen LogP contribution in [0.3, 0.4) is 0 Å². The minimum atomic E-state index is -0.930. The van der Waals surface area contributed by atoms with E-state index in [2.05, 4.69) is 15.9 Å². The number of halogens is 1. The quantitative estimate of drug-likeness (QED) is 0.831. The first-order valence-corrected chi connectivity index (χ1v) is 8.38. The number of benzene rings is 1. The minimum Gasteiger partial charge on any atom is -0.474 e. The Balaban J connectivity index is 1.71. The third kappa shape index (κ3) is 4.26. The number of aromatic nitrogens is 2. The topological polar surface area (TPSA) is 84.8 Å². The molecular weight excluding hydrogens is 353 g/mol. The lowest BCUT2D eigenvalue weighted by Gasteiger charge is -2.30. The van der Waals surface area contributed by atoms with Crippen LogP contribution in [-0.2, 0) is 0 Å². The number of rotatable bonds is 4. The summed E-state index contributed by atoms with van der Waals surface area (Å²) >= 11 is 0. The summed E-state index contributed by atoms with van der Waals surface area (Å²) in [5.41, 5.74) is 0.939. The van der Waals surface area contributed by atoms with Gasteiger partial charge in [-0.2, -0.15) is 0 Å². The second-order valence-corrected chi connectivity index (χ2v) is 6.09. The van der Waals surface area contributed by atoms with Gasteiger partial charge in [-0.05, 0) is 25.1 Å². The van der Waals surface area contributed by atoms with Crippen LogP contribution < -0.4 is 9.47 Å². The molecule has 1 amide bonds. The maximum absolute atomic E-state index is 14.1. The van der Waals surface area contributed by atoms with Gasteiger partial charge in [0.25, 0.3) is 0 Å². The number of nitrogens with zero attached hydrogens (tertiary/aromatic N) is 3. The Morgan fingerprint density at radius 1 is 1.33 bits per heavy atom. The zero-order valence-corrected chi connectivity index (χ0v) is 14.7. The van der Waals surface area contributed by atoms with Gasteiger partial charge in [-0.1, -0.05) is 5.92 Å². The average Bonchev–Trinajstić information content (AvgIpc) is 2.66. The molecule has 1 fully saturated rings. The lowest BCUT2D eigenvalue weighted by Crippen LogP contribution is -2.41. The van der Waals surface area contributed by atoms with E-state index in [1.807, 2.05) is 0 Å². The molecule has 1 aromatic carbocycles. The first-order valence-electron chi connectivity index (χ1n) is 8.38. The van der Waals surface area contributed by atoms with Crippen molar-refractivity contribution in [2.45, 2.75) is 25.9 Å². The van der Waals surface area contributed by atoms with Crippen LogP contribution in [0.25, 0.3) is 0 Å². The van der Waals surface area contributed by atoms with Crippen LogP contribution in [0.5, 0.6) is 17.5 Å². The smallest absolute Gasteiger partial charge is 0.407 e. The fraction of sp³-hybridized carbons (Fsp3) is 0.316. The first kappa shape index (κ1) is 18.5. The Morgan fingerprint density at radius 2 is 2.04 bits per heavy atom. The zero-order valence-electron chi connectivity index (χ0n) is 14.7. The van der Waals surface area contributed by atoms with E-state index < -0.39 is 11.9 Å². The van der Waals surface area contributed by atoms with E-state index >= 15 is 0 Å². The molecule has 1 aromatic heterocycles. The molecule has 0 bridgehead atoms. The molecule has 0 atom stereocenters. The number of carboxylic acid groups (broad SMARTS) is 1. The summed E-state index contributed by atoms with van der Waals surface area (Å²) in [7, 11) is 0. The lowest BCUT2D eigenvalue weighted by atomic mass is 10.1. The number of terminal acetylenes is 1. The Kier molecular flexibility index (Phi) is 5.41. The SMILES string of the molecule is C#Cc1ccc(Oc2ncnc(OC3CCN(C(=O)O)CC3)c2C)c(F)c1. The highest BCUT2D eigenvalue weighted by molar-refractivity contribution is 5.65. The number of hydrogen-bond donors (Lipinski definition) is 1. The molecule has 1 N–H and O–H groups in total. The third-order valence-corrected chi connectivity index (χ3v) is 4.29. The number of amides is 1. The van der Waals surface area contributed by atoms with E-state index in [0.717, 1.165) is 0 Å². The fourth-order valence-electron chi connectivity index (χ4n) is 2.74. The first-order chi connectivity index (χ1) is 13.0. The molecule has 0 unspecified atom stereocenters. The summed E-state index contributed by atoms with van der Waals surface area (Å²) in [6.45, 7) is 2.52. The predicted octanol–water partition coefficient (Wildman–Crippen LogP) is 3.22. The van der Waals surface area contributed by atoms with Crippen LogP contribution in [0.2, 0.25) is 0 Å². The van der Waals surface area contributed by atoms with Crippen LogP contribution in [-0.4, -0.2) is 45.3 Å². The molecule has 1 saturated heterocycles. The van der Waals surface area contributed by atoms with Crippen LogP contribution in [0.15, 0.2) is 24.5 Å². The van der Waals surface area contributed by atoms with Gasteiger partial charge in [-0.25, -0.2) is 19.2 Å². The van der Waals surface area contributed by atoms with Crippen molar-refractivity contribution in [1.82, 2.24) is 14.9 Å². The molecule has 0 radical (unpaired) electrons. The van der Waals surface area contributed by atoms with Crippen molar-refractivity contribution in [3.63, 3.8) is 0 Å². The third-order valence-electron chi connectivity index (χ3n) is 4.29. The van der Waals surface area contributed by atoms with Crippen molar-refractivity contribution in [3.05, 3.63) is 41.5 Å². The number of piperidine rings is 1. The van der Waals surface area contributed by atoms with Gasteiger partial charge in [0.15, 0.2) is 11.6 Å². The lowest BCUT2D eigenvalue weighted by molar-refractivity contribution is 0.0864. The Labute approximate surface area is 155 Å². The highest BCUT2D eigenvalue weighted by Gasteiger charge is 2.25. The monoisotopic (exact) mass is 371 g/mol. The molecule has 140 valence electrons. The Bertz CT molecular complexity index is 889. The summed E-state index contributed by atoms with van der Waals surface area (Å²) < 4.78 is 25.5. The second-order valence-electron chi connectivity index (χ2n) is 6.09. The van der Waals surface area contributed by atoms with Crippen molar-refractivity contribution in [1.29, 1.82) is 0 Å². The van der Waals surface area contributed by atoms with Crippen LogP contribution in [0.4, 0.5) is 9.18 Å². The average molecular weight is 371 g/mol. The highest BCUT2D eigenvalue weighted by Crippen LogP contribution is 2.30. The van der Waals surface area contributed by atoms with Gasteiger partial charge in [-0.15, -0.1) is 6.42 Å². The molecule has 0 saturated carbocycles. The molecule has 0 spiro atoms. The summed E-state index contributed by atoms with van der Waals surface area (Å²) in [6, 6.07) is 4.22. The van der Waals surface area contributed by atoms with Crippen molar-refractivity contribution in [2.75, 3.05) is 13.1 Å². The maximum Gasteiger partial charge on any atom is 0.407 e. The van der Waals surface area contributed by atoms with Crippen molar-refractivity contribution >= 4 is 6.09 Å². The number of likely N-dealkylation sites (tertiary alicyclic amines) is 1. The van der Waals surface area contributed by atoms with Gasteiger partial charge < -0.3 is 19.5 Å². The van der Waals surface area contributed by atoms with E-state index in [9.17, 15) is 9.18 Å². The van der Waals surface area contributed by atoms with Crippen LogP contribution in [0.1, 0.15) is 24.0 Å². The van der Waals surface area contributed by atoms with Gasteiger partial charge in [0, 0.05) is 31.5 Å². The molecular formula is C19H18FN3O4. The molecule has 0 aliphatic carbocycles. The standard InChI is InChI=1S/C19H18FN3O4/c1-3-13-4-5-16(15(20)10-13)27-18-12(2)17(21-11-22-18)26-14-6-8-23(9-7-14)19(24)25/h1,4-5,10-11,14H,6-9H2,2H3,(H,24,25). The van der Waals surface area contributed by atoms with Gasteiger partial charge >= 0.3 is 6.09 Å². The van der Waals surface area contributed by atoms with E-state index in [1.54, 1.807) is 13.0 Å². The van der Waals surface area contributed by atoms with E-state index in [1.165, 1.54) is 23.4 Å². The number of hydrogen-bond acceptors (Lipinski definition) is 5. The van der Waals surface area contributed by atoms with Crippen molar-refractivity contribution in [2.24, 2.45) is 0 Å². The van der Waals surface area contributed by atoms with Crippen LogP contribution in [0, 0.1) is 25.1 Å². The summed E-state index contributed by atoms with van der Waals surface area (Å²) in [5.74, 6) is 2.26. The largest absolute Gasteiger partial charge is 0.474 e. The molecule has 3 rings (SSSR count). The molecule has 2 aromatic rings. The molecule has 8 heteroatoms. The van der Waals surface area contributed by atoms with E-state index in [4.69, 9.17) is 21.0 Å². The summed E-state index contributed by atoms with van der Waals surface area (Å²) in [5, 5.41) is 9.00. The van der Waals surface area contributed by atoms with Gasteiger partial charge in [0.05, 0.1) is 5.56 Å². The van der Waals surface area contributed by atoms with E-state index in [-0.39, 0.29) is 17.7 Å². The summed E-state index contributed by atoms with van der Waals surface area (Å²) in [4.78, 5) is 20.5. The normalized spacial score (nSPS) is 14.5. The fourth-order valence-corrected chi connectivity index (χ4v) is 2.74. The van der Waals surface area contributed by atoms with Crippen molar-refractivity contribution in [3.8, 4) is 29.9 Å². The highest BCUT2D eigenvalue weighted by atomic mass is 19.1. The molecule has 7 nitrogen and oxygen atoms in total. The molecule has 27 heavy (non-hydrogen) atoms. The maximum atomic E-state index is 14.1. The second kappa shape index (κ2) is 7.91. The predicted molar refractivity (Wildman–Crippen MR) is 94.4 cm³/mol. The van der Waals surface area contributed by atoms with E-state index in [0.29, 0.717) is 42.9 Å². The number of carbonyl (C=O) groups is 1. The molecule has 2 heterocycles. The Morgan fingerprint density at radius 3 is 2.67 bits per heavy atom. The molecule has 1 aliphatic heterocycles. The number of ether oxygens (including phenoxy) is 2. The Hall–Kier alpha value is -3.34. The zero-order chi connectivity index (χ0) is 19.4. The van der Waals surface area contributed by atoms with Crippen LogP contribution >= 0.6 is 0 Å². The van der Waals surface area contributed by atoms with Gasteiger partial charge in [0.2, 0.25) is 11.8 Å². The van der Waals surface area contributed by atoms with Crippen molar-refractivity contribution < 1.29 is 23.8 Å². The summed E-state index contributed by atoms with van der Waals surface area (Å²) in [6.07, 6.45) is 6.56. The van der Waals surface area contributed by atoms with Gasteiger partial charge in [0.1, 0.15) is 12.4 Å². The minimum absolute atomic E-state index is 0.00323. The molecule has 1 aliphatic rings. The van der Waals surface area contributed by atoms with Gasteiger partial charge in [-0.3, -0.25) is 0 Å².